The first-order valence-corrected chi connectivity index (χ1v) is 23.8. The standard InChI is InChI=1S/C12H22O11.Na.8H2O4S/c13-1-4-6(16)8(18)9(19)11(21-4)23-12(3-15)10(20)7(17)5(2-14)22-12;;8*1-5(2,3)4/h4-11,13-20H,1-3H2;;8*(H2,1,2,3,4)/t4-,5-,6-,7-,8+,9-,10+,11-,12+;;;;;;;;;/m1........./s1. The Kier molecular flexibility index (Phi) is 42.7. The second-order valence-electron chi connectivity index (χ2n) is 9.14. The van der Waals surface area contributed by atoms with Crippen molar-refractivity contribution in [3.05, 3.63) is 0 Å². The smallest absolute Gasteiger partial charge is 0.394 e. The van der Waals surface area contributed by atoms with E-state index in [1.807, 2.05) is 0 Å². The van der Waals surface area contributed by atoms with Gasteiger partial charge in [-0.3, -0.25) is 72.8 Å². The molecule has 43 nitrogen and oxygen atoms in total. The average Bonchev–Trinajstić information content (AvgIpc) is 3.15. The van der Waals surface area contributed by atoms with Gasteiger partial charge in [0.15, 0.2) is 6.29 Å². The zero-order chi connectivity index (χ0) is 53.4. The molecular formula is C12H38NaO43S8. The first-order chi connectivity index (χ1) is 26.8. The molecule has 2 saturated heterocycles. The minimum absolute atomic E-state index is 0. The zero-order valence-electron chi connectivity index (χ0n) is 30.0. The monoisotopic (exact) mass is 1150 g/mol. The van der Waals surface area contributed by atoms with E-state index in [4.69, 9.17) is 165 Å². The summed E-state index contributed by atoms with van der Waals surface area (Å²) in [6.45, 7) is -2.32. The van der Waals surface area contributed by atoms with E-state index in [0.29, 0.717) is 0 Å². The summed E-state index contributed by atoms with van der Waals surface area (Å²) >= 11 is 0. The van der Waals surface area contributed by atoms with Crippen molar-refractivity contribution in [2.75, 3.05) is 19.8 Å². The van der Waals surface area contributed by atoms with Crippen LogP contribution in [0.25, 0.3) is 0 Å². The maximum Gasteiger partial charge on any atom is 0.394 e. The van der Waals surface area contributed by atoms with Crippen LogP contribution < -0.4 is 0 Å². The van der Waals surface area contributed by atoms with Crippen LogP contribution in [-0.4, -0.2) is 285 Å². The second-order valence-corrected chi connectivity index (χ2v) is 16.3. The molecule has 0 saturated carbocycles. The molecule has 393 valence electrons. The molecular weight excluding hydrogens is 1110 g/mol. The molecule has 1 radical (unpaired) electrons. The summed E-state index contributed by atoms with van der Waals surface area (Å²) in [5.41, 5.74) is 0. The van der Waals surface area contributed by atoms with Gasteiger partial charge in [0.2, 0.25) is 5.79 Å². The minimum Gasteiger partial charge on any atom is -0.394 e. The van der Waals surface area contributed by atoms with Crippen molar-refractivity contribution in [3.63, 3.8) is 0 Å². The van der Waals surface area contributed by atoms with E-state index in [9.17, 15) is 30.6 Å². The largest absolute Gasteiger partial charge is 0.394 e. The molecule has 0 aliphatic carbocycles. The van der Waals surface area contributed by atoms with Crippen LogP contribution in [0.2, 0.25) is 0 Å². The van der Waals surface area contributed by atoms with Crippen molar-refractivity contribution in [3.8, 4) is 0 Å². The predicted molar refractivity (Wildman–Crippen MR) is 188 cm³/mol. The molecule has 2 rings (SSSR count). The van der Waals surface area contributed by atoms with Gasteiger partial charge >= 0.3 is 83.2 Å². The quantitative estimate of drug-likeness (QED) is 0.0898. The summed E-state index contributed by atoms with van der Waals surface area (Å²) in [5.74, 6) is -2.22. The van der Waals surface area contributed by atoms with Crippen LogP contribution in [0.1, 0.15) is 0 Å². The van der Waals surface area contributed by atoms with E-state index < -0.39 is 158 Å². The maximum absolute atomic E-state index is 10.00. The van der Waals surface area contributed by atoms with Gasteiger partial charge in [0.1, 0.15) is 49.3 Å². The molecule has 2 fully saturated rings. The van der Waals surface area contributed by atoms with Crippen molar-refractivity contribution in [1.82, 2.24) is 0 Å². The van der Waals surface area contributed by atoms with E-state index in [2.05, 4.69) is 0 Å². The fourth-order valence-corrected chi connectivity index (χ4v) is 2.63. The molecule has 52 heteroatoms. The third kappa shape index (κ3) is 88.3. The molecule has 0 unspecified atom stereocenters. The third-order valence-corrected chi connectivity index (χ3v) is 4.07. The summed E-state index contributed by atoms with van der Waals surface area (Å²) in [6.07, 6.45) is -12.7. The summed E-state index contributed by atoms with van der Waals surface area (Å²) in [5, 5.41) is 76.7. The van der Waals surface area contributed by atoms with E-state index in [1.54, 1.807) is 0 Å². The fourth-order valence-electron chi connectivity index (χ4n) is 2.63. The van der Waals surface area contributed by atoms with Crippen LogP contribution in [-0.2, 0) is 97.4 Å². The Balaban J connectivity index is -0.000000105. The molecule has 24 N–H and O–H groups in total. The molecule has 64 heavy (non-hydrogen) atoms. The molecule has 0 aromatic carbocycles. The molecule has 0 amide bonds. The molecule has 2 heterocycles. The number of hydrogen-bond donors (Lipinski definition) is 24. The Labute approximate surface area is 380 Å². The van der Waals surface area contributed by atoms with E-state index in [-0.39, 0.29) is 29.6 Å². The number of aliphatic hydroxyl groups excluding tert-OH is 8. The van der Waals surface area contributed by atoms with Crippen molar-refractivity contribution >= 4 is 113 Å². The molecule has 0 spiro atoms. The SMILES string of the molecule is O=S(=O)(O)O.O=S(=O)(O)O.O=S(=O)(O)O.O=S(=O)(O)O.O=S(=O)(O)O.O=S(=O)(O)O.O=S(=O)(O)O.O=S(=O)(O)O.OC[C@H]1O[C@@](CO)(O[C@H]2O[C@H](CO)[C@@H](O)[C@H](O)[C@H]2O)[C@@H](O)[C@@H]1O.[Na]. The van der Waals surface area contributed by atoms with E-state index in [0.717, 1.165) is 0 Å². The van der Waals surface area contributed by atoms with Gasteiger partial charge in [-0.05, 0) is 0 Å². The van der Waals surface area contributed by atoms with Gasteiger partial charge in [-0.1, -0.05) is 0 Å². The Morgan fingerprint density at radius 1 is 0.375 bits per heavy atom. The molecule has 0 aromatic heterocycles. The zero-order valence-corrected chi connectivity index (χ0v) is 38.5. The van der Waals surface area contributed by atoms with Gasteiger partial charge in [0.25, 0.3) is 0 Å². The van der Waals surface area contributed by atoms with Crippen molar-refractivity contribution in [2.45, 2.75) is 54.8 Å². The average molecular weight is 1150 g/mol. The second kappa shape index (κ2) is 33.9. The van der Waals surface area contributed by atoms with E-state index >= 15 is 0 Å². The summed E-state index contributed by atoms with van der Waals surface area (Å²) in [6, 6.07) is 0. The maximum atomic E-state index is 10.00. The van der Waals surface area contributed by atoms with Gasteiger partial charge in [-0.25, -0.2) is 0 Å². The van der Waals surface area contributed by atoms with Crippen molar-refractivity contribution in [1.29, 1.82) is 0 Å². The van der Waals surface area contributed by atoms with Crippen molar-refractivity contribution in [2.24, 2.45) is 0 Å². The van der Waals surface area contributed by atoms with Crippen LogP contribution in [0.4, 0.5) is 0 Å². The topological polar surface area (TPSA) is 786 Å². The molecule has 2 aliphatic heterocycles. The van der Waals surface area contributed by atoms with Gasteiger partial charge in [0, 0.05) is 29.6 Å². The molecule has 0 aromatic rings. The number of rotatable bonds is 5. The van der Waals surface area contributed by atoms with Crippen LogP contribution in [0.3, 0.4) is 0 Å². The van der Waals surface area contributed by atoms with Gasteiger partial charge in [0.05, 0.1) is 13.2 Å². The van der Waals surface area contributed by atoms with Gasteiger partial charge in [-0.15, -0.1) is 0 Å². The third-order valence-electron chi connectivity index (χ3n) is 4.07. The Morgan fingerprint density at radius 2 is 0.594 bits per heavy atom. The van der Waals surface area contributed by atoms with Crippen LogP contribution in [0.15, 0.2) is 0 Å². The molecule has 9 atom stereocenters. The Bertz CT molecular complexity index is 1720. The molecule has 0 bridgehead atoms. The summed E-state index contributed by atoms with van der Waals surface area (Å²) in [7, 11) is -37.3. The van der Waals surface area contributed by atoms with Crippen molar-refractivity contribution < 1.29 is 195 Å². The van der Waals surface area contributed by atoms with Gasteiger partial charge in [-0.2, -0.15) is 67.3 Å². The number of ether oxygens (including phenoxy) is 3. The first kappa shape index (κ1) is 80.5. The fraction of sp³-hybridized carbons (Fsp3) is 1.00. The minimum atomic E-state index is -4.67. The Morgan fingerprint density at radius 3 is 0.766 bits per heavy atom. The first-order valence-electron chi connectivity index (χ1n) is 12.6. The normalized spacial score (nSPS) is 25.6. The summed E-state index contributed by atoms with van der Waals surface area (Å²) < 4.78 is 268. The summed E-state index contributed by atoms with van der Waals surface area (Å²) in [4.78, 5) is 0. The van der Waals surface area contributed by atoms with Crippen LogP contribution >= 0.6 is 0 Å². The van der Waals surface area contributed by atoms with E-state index in [1.165, 1.54) is 0 Å². The predicted octanol–water partition coefficient (Wildman–Crippen LogP) is -11.0. The van der Waals surface area contributed by atoms with Crippen LogP contribution in [0, 0.1) is 0 Å². The van der Waals surface area contributed by atoms with Gasteiger partial charge < -0.3 is 55.1 Å². The molecule has 2 aliphatic rings. The number of aliphatic hydroxyl groups is 8. The number of hydrogen-bond acceptors (Lipinski definition) is 27. The Hall–Kier alpha value is -0.480. The van der Waals surface area contributed by atoms with Crippen LogP contribution in [0.5, 0.6) is 0 Å².